The normalized spacial score (nSPS) is 22.6. The first-order valence-electron chi connectivity index (χ1n) is 8.04. The molecule has 22 heavy (non-hydrogen) atoms. The van der Waals surface area contributed by atoms with Gasteiger partial charge < -0.3 is 9.80 Å². The molecule has 0 N–H and O–H groups in total. The summed E-state index contributed by atoms with van der Waals surface area (Å²) in [4.78, 5) is 24.9. The van der Waals surface area contributed by atoms with E-state index in [0.717, 1.165) is 18.9 Å². The third-order valence-corrected chi connectivity index (χ3v) is 5.01. The van der Waals surface area contributed by atoms with Crippen LogP contribution in [-0.4, -0.2) is 47.0 Å². The average molecular weight is 323 g/mol. The van der Waals surface area contributed by atoms with Crippen molar-refractivity contribution < 1.29 is 4.79 Å². The van der Waals surface area contributed by atoms with E-state index >= 15 is 0 Å². The predicted molar refractivity (Wildman–Crippen MR) is 87.1 cm³/mol. The maximum absolute atomic E-state index is 12.3. The minimum atomic E-state index is 0.315. The number of hydrogen-bond acceptors (Lipinski definition) is 4. The Kier molecular flexibility index (Phi) is 4.52. The third-order valence-electron chi connectivity index (χ3n) is 4.74. The number of nitrogens with zero attached hydrogens (tertiary/aromatic N) is 4. The van der Waals surface area contributed by atoms with E-state index < -0.39 is 0 Å². The van der Waals surface area contributed by atoms with Crippen molar-refractivity contribution >= 4 is 23.3 Å². The summed E-state index contributed by atoms with van der Waals surface area (Å²) >= 11 is 6.19. The molecule has 1 atom stereocenters. The van der Waals surface area contributed by atoms with Crippen LogP contribution in [0, 0.1) is 12.8 Å². The molecule has 1 amide bonds. The Labute approximate surface area is 136 Å². The van der Waals surface area contributed by atoms with Gasteiger partial charge in [0.15, 0.2) is 5.82 Å². The molecule has 2 aliphatic rings. The monoisotopic (exact) mass is 322 g/mol. The molecule has 2 fully saturated rings. The average Bonchev–Trinajstić information content (AvgIpc) is 3.11. The SMILES string of the molecule is Cc1ncc(Cl)c(N(C)CC2CC(=O)N(C3CCCC3)C2)n1. The van der Waals surface area contributed by atoms with Gasteiger partial charge in [0.25, 0.3) is 0 Å². The summed E-state index contributed by atoms with van der Waals surface area (Å²) < 4.78 is 0. The number of anilines is 1. The number of carbonyl (C=O) groups excluding carboxylic acids is 1. The second-order valence-corrected chi connectivity index (χ2v) is 6.93. The Hall–Kier alpha value is -1.36. The largest absolute Gasteiger partial charge is 0.358 e. The summed E-state index contributed by atoms with van der Waals surface area (Å²) in [5, 5.41) is 0.560. The Balaban J connectivity index is 1.63. The minimum Gasteiger partial charge on any atom is -0.358 e. The highest BCUT2D eigenvalue weighted by Gasteiger charge is 2.36. The van der Waals surface area contributed by atoms with Gasteiger partial charge in [-0.25, -0.2) is 9.97 Å². The molecule has 1 aromatic heterocycles. The van der Waals surface area contributed by atoms with Crippen LogP contribution in [0.1, 0.15) is 37.9 Å². The van der Waals surface area contributed by atoms with E-state index in [0.29, 0.717) is 35.1 Å². The van der Waals surface area contributed by atoms with Crippen molar-refractivity contribution in [1.82, 2.24) is 14.9 Å². The molecule has 1 saturated heterocycles. The Morgan fingerprint density at radius 2 is 2.14 bits per heavy atom. The van der Waals surface area contributed by atoms with Gasteiger partial charge in [-0.15, -0.1) is 0 Å². The lowest BCUT2D eigenvalue weighted by Crippen LogP contribution is -2.35. The van der Waals surface area contributed by atoms with Gasteiger partial charge >= 0.3 is 0 Å². The number of hydrogen-bond donors (Lipinski definition) is 0. The highest BCUT2D eigenvalue weighted by atomic mass is 35.5. The molecule has 1 aromatic rings. The van der Waals surface area contributed by atoms with Crippen molar-refractivity contribution in [2.45, 2.75) is 45.1 Å². The van der Waals surface area contributed by atoms with E-state index in [1.807, 2.05) is 18.9 Å². The zero-order valence-corrected chi connectivity index (χ0v) is 14.0. The lowest BCUT2D eigenvalue weighted by atomic mass is 10.1. The first-order chi connectivity index (χ1) is 10.5. The van der Waals surface area contributed by atoms with E-state index in [4.69, 9.17) is 11.6 Å². The Morgan fingerprint density at radius 1 is 1.41 bits per heavy atom. The first-order valence-corrected chi connectivity index (χ1v) is 8.42. The maximum Gasteiger partial charge on any atom is 0.223 e. The summed E-state index contributed by atoms with van der Waals surface area (Å²) in [6, 6.07) is 0.479. The zero-order chi connectivity index (χ0) is 15.7. The van der Waals surface area contributed by atoms with Crippen molar-refractivity contribution in [2.75, 3.05) is 25.0 Å². The fourth-order valence-corrected chi connectivity index (χ4v) is 3.92. The highest BCUT2D eigenvalue weighted by Crippen LogP contribution is 2.30. The standard InChI is InChI=1S/C16H23ClN4O/c1-11-18-8-14(17)16(19-11)20(2)9-12-7-15(22)21(10-12)13-5-3-4-6-13/h8,12-13H,3-7,9-10H2,1-2H3. The van der Waals surface area contributed by atoms with Gasteiger partial charge in [0.1, 0.15) is 10.8 Å². The van der Waals surface area contributed by atoms with Crippen LogP contribution >= 0.6 is 11.6 Å². The van der Waals surface area contributed by atoms with E-state index in [1.54, 1.807) is 6.20 Å². The third kappa shape index (κ3) is 3.19. The number of rotatable bonds is 4. The fraction of sp³-hybridized carbons (Fsp3) is 0.688. The second kappa shape index (κ2) is 6.41. The lowest BCUT2D eigenvalue weighted by Gasteiger charge is -2.26. The lowest BCUT2D eigenvalue weighted by molar-refractivity contribution is -0.129. The van der Waals surface area contributed by atoms with Crippen molar-refractivity contribution in [3.8, 4) is 0 Å². The van der Waals surface area contributed by atoms with Gasteiger partial charge in [-0.2, -0.15) is 0 Å². The molecule has 1 aliphatic carbocycles. The van der Waals surface area contributed by atoms with Crippen LogP contribution in [0.2, 0.25) is 5.02 Å². The summed E-state index contributed by atoms with van der Waals surface area (Å²) in [5.41, 5.74) is 0. The van der Waals surface area contributed by atoms with Gasteiger partial charge in [-0.3, -0.25) is 4.79 Å². The second-order valence-electron chi connectivity index (χ2n) is 6.52. The van der Waals surface area contributed by atoms with Crippen LogP contribution in [0.3, 0.4) is 0 Å². The summed E-state index contributed by atoms with van der Waals surface area (Å²) in [7, 11) is 1.98. The Bertz CT molecular complexity index is 559. The molecule has 0 spiro atoms. The van der Waals surface area contributed by atoms with Gasteiger partial charge in [0.2, 0.25) is 5.91 Å². The number of aromatic nitrogens is 2. The number of amides is 1. The molecule has 120 valence electrons. The molecular formula is C16H23ClN4O. The predicted octanol–water partition coefficient (Wildman–Crippen LogP) is 2.67. The van der Waals surface area contributed by atoms with Crippen molar-refractivity contribution in [3.05, 3.63) is 17.0 Å². The number of carbonyl (C=O) groups is 1. The summed E-state index contributed by atoms with van der Waals surface area (Å²) in [6.45, 7) is 3.52. The highest BCUT2D eigenvalue weighted by molar-refractivity contribution is 6.32. The van der Waals surface area contributed by atoms with Crippen molar-refractivity contribution in [2.24, 2.45) is 5.92 Å². The maximum atomic E-state index is 12.3. The van der Waals surface area contributed by atoms with E-state index in [2.05, 4.69) is 14.9 Å². The first kappa shape index (κ1) is 15.5. The van der Waals surface area contributed by atoms with Crippen molar-refractivity contribution in [1.29, 1.82) is 0 Å². The Morgan fingerprint density at radius 3 is 2.86 bits per heavy atom. The molecule has 0 bridgehead atoms. The van der Waals surface area contributed by atoms with Crippen LogP contribution in [0.15, 0.2) is 6.20 Å². The van der Waals surface area contributed by atoms with Gasteiger partial charge in [-0.05, 0) is 19.8 Å². The van der Waals surface area contributed by atoms with Gasteiger partial charge in [0, 0.05) is 38.5 Å². The van der Waals surface area contributed by atoms with Crippen LogP contribution < -0.4 is 4.90 Å². The number of likely N-dealkylation sites (tertiary alicyclic amines) is 1. The van der Waals surface area contributed by atoms with Crippen LogP contribution in [0.25, 0.3) is 0 Å². The molecule has 2 heterocycles. The smallest absolute Gasteiger partial charge is 0.223 e. The molecule has 1 saturated carbocycles. The van der Waals surface area contributed by atoms with Gasteiger partial charge in [0.05, 0.1) is 6.20 Å². The molecule has 5 nitrogen and oxygen atoms in total. The molecule has 3 rings (SSSR count). The zero-order valence-electron chi connectivity index (χ0n) is 13.3. The molecule has 0 radical (unpaired) electrons. The van der Waals surface area contributed by atoms with Crippen LogP contribution in [-0.2, 0) is 4.79 Å². The topological polar surface area (TPSA) is 49.3 Å². The number of halogens is 1. The summed E-state index contributed by atoms with van der Waals surface area (Å²) in [6.07, 6.45) is 7.14. The summed E-state index contributed by atoms with van der Waals surface area (Å²) in [5.74, 6) is 2.13. The van der Waals surface area contributed by atoms with Gasteiger partial charge in [-0.1, -0.05) is 24.4 Å². The van der Waals surface area contributed by atoms with Crippen LogP contribution in [0.5, 0.6) is 0 Å². The molecule has 0 aromatic carbocycles. The van der Waals surface area contributed by atoms with E-state index in [9.17, 15) is 4.79 Å². The van der Waals surface area contributed by atoms with Crippen LogP contribution in [0.4, 0.5) is 5.82 Å². The van der Waals surface area contributed by atoms with E-state index in [-0.39, 0.29) is 0 Å². The quantitative estimate of drug-likeness (QED) is 0.855. The molecular weight excluding hydrogens is 300 g/mol. The van der Waals surface area contributed by atoms with Crippen molar-refractivity contribution in [3.63, 3.8) is 0 Å². The fourth-order valence-electron chi connectivity index (χ4n) is 3.68. The number of aryl methyl sites for hydroxylation is 1. The molecule has 1 aliphatic heterocycles. The molecule has 6 heteroatoms. The molecule has 1 unspecified atom stereocenters. The minimum absolute atomic E-state index is 0.315. The van der Waals surface area contributed by atoms with E-state index in [1.165, 1.54) is 25.7 Å².